The second kappa shape index (κ2) is 9.06. The lowest BCUT2D eigenvalue weighted by atomic mass is 9.86. The number of methoxy groups -OCH3 is 1. The van der Waals surface area contributed by atoms with Crippen molar-refractivity contribution in [3.8, 4) is 5.75 Å². The fourth-order valence-corrected chi connectivity index (χ4v) is 4.04. The molecule has 0 spiro atoms. The summed E-state index contributed by atoms with van der Waals surface area (Å²) < 4.78 is 5.13. The van der Waals surface area contributed by atoms with Crippen molar-refractivity contribution >= 4 is 11.8 Å². The van der Waals surface area contributed by atoms with Gasteiger partial charge in [-0.25, -0.2) is 0 Å². The molecule has 1 aromatic carbocycles. The summed E-state index contributed by atoms with van der Waals surface area (Å²) in [6, 6.07) is 7.20. The molecule has 2 fully saturated rings. The van der Waals surface area contributed by atoms with Crippen LogP contribution in [0, 0.1) is 5.92 Å². The summed E-state index contributed by atoms with van der Waals surface area (Å²) in [6.07, 6.45) is 8.28. The molecule has 0 atom stereocenters. The molecule has 1 heterocycles. The number of amides is 2. The van der Waals surface area contributed by atoms with Gasteiger partial charge in [0.1, 0.15) is 5.75 Å². The quantitative estimate of drug-likeness (QED) is 0.811. The molecule has 142 valence electrons. The standard InChI is InChI=1S/C21H30N2O3/c1-26-19-10-8-18(9-11-19)21(25)23-15-13-22(14-16-23)20(24)12-7-17-5-3-2-4-6-17/h8-11,17H,2-7,12-16H2,1H3. The van der Waals surface area contributed by atoms with Crippen LogP contribution < -0.4 is 4.74 Å². The van der Waals surface area contributed by atoms with Crippen LogP contribution in [0.25, 0.3) is 0 Å². The number of benzene rings is 1. The van der Waals surface area contributed by atoms with Gasteiger partial charge in [0, 0.05) is 38.2 Å². The summed E-state index contributed by atoms with van der Waals surface area (Å²) in [6.45, 7) is 2.51. The second-order valence-corrected chi connectivity index (χ2v) is 7.44. The largest absolute Gasteiger partial charge is 0.497 e. The Morgan fingerprint density at radius 1 is 0.962 bits per heavy atom. The van der Waals surface area contributed by atoms with Crippen LogP contribution in [0.5, 0.6) is 5.75 Å². The summed E-state index contributed by atoms with van der Waals surface area (Å²) in [7, 11) is 1.61. The number of piperazine rings is 1. The SMILES string of the molecule is COc1ccc(C(=O)N2CCN(C(=O)CCC3CCCCC3)CC2)cc1. The molecule has 0 unspecified atom stereocenters. The highest BCUT2D eigenvalue weighted by molar-refractivity contribution is 5.94. The van der Waals surface area contributed by atoms with Gasteiger partial charge >= 0.3 is 0 Å². The molecule has 5 heteroatoms. The molecular formula is C21H30N2O3. The normalized spacial score (nSPS) is 18.7. The zero-order chi connectivity index (χ0) is 18.4. The lowest BCUT2D eigenvalue weighted by molar-refractivity contribution is -0.133. The van der Waals surface area contributed by atoms with Crippen LogP contribution in [0.4, 0.5) is 0 Å². The molecule has 0 aromatic heterocycles. The van der Waals surface area contributed by atoms with Crippen molar-refractivity contribution in [2.45, 2.75) is 44.9 Å². The Morgan fingerprint density at radius 3 is 2.19 bits per heavy atom. The average Bonchev–Trinajstić information content (AvgIpc) is 2.72. The molecule has 0 N–H and O–H groups in total. The second-order valence-electron chi connectivity index (χ2n) is 7.44. The maximum atomic E-state index is 12.6. The van der Waals surface area contributed by atoms with E-state index in [9.17, 15) is 9.59 Å². The van der Waals surface area contributed by atoms with Gasteiger partial charge in [0.2, 0.25) is 5.91 Å². The first-order chi connectivity index (χ1) is 12.7. The molecule has 1 saturated heterocycles. The first-order valence-corrected chi connectivity index (χ1v) is 9.88. The van der Waals surface area contributed by atoms with E-state index in [1.165, 1.54) is 32.1 Å². The Labute approximate surface area is 156 Å². The molecule has 0 radical (unpaired) electrons. The van der Waals surface area contributed by atoms with Gasteiger partial charge in [-0.2, -0.15) is 0 Å². The monoisotopic (exact) mass is 358 g/mol. The van der Waals surface area contributed by atoms with Gasteiger partial charge in [0.15, 0.2) is 0 Å². The summed E-state index contributed by atoms with van der Waals surface area (Å²) in [5, 5.41) is 0. The van der Waals surface area contributed by atoms with Crippen LogP contribution in [0.2, 0.25) is 0 Å². The number of hydrogen-bond acceptors (Lipinski definition) is 3. The Kier molecular flexibility index (Phi) is 6.53. The molecule has 1 aromatic rings. The minimum atomic E-state index is 0.0296. The van der Waals surface area contributed by atoms with Crippen LogP contribution >= 0.6 is 0 Å². The Balaban J connectivity index is 1.44. The molecular weight excluding hydrogens is 328 g/mol. The van der Waals surface area contributed by atoms with E-state index in [-0.39, 0.29) is 11.8 Å². The Morgan fingerprint density at radius 2 is 1.58 bits per heavy atom. The lowest BCUT2D eigenvalue weighted by Gasteiger charge is -2.35. The molecule has 1 aliphatic heterocycles. The van der Waals surface area contributed by atoms with Crippen molar-refractivity contribution in [2.24, 2.45) is 5.92 Å². The van der Waals surface area contributed by atoms with Crippen molar-refractivity contribution < 1.29 is 14.3 Å². The minimum absolute atomic E-state index is 0.0296. The predicted molar refractivity (Wildman–Crippen MR) is 101 cm³/mol. The molecule has 1 aliphatic carbocycles. The minimum Gasteiger partial charge on any atom is -0.497 e. The maximum absolute atomic E-state index is 12.6. The number of carbonyl (C=O) groups is 2. The van der Waals surface area contributed by atoms with Crippen molar-refractivity contribution in [2.75, 3.05) is 33.3 Å². The summed E-state index contributed by atoms with van der Waals surface area (Å²) in [5.74, 6) is 1.77. The number of hydrogen-bond donors (Lipinski definition) is 0. The van der Waals surface area contributed by atoms with Crippen molar-refractivity contribution in [1.29, 1.82) is 0 Å². The highest BCUT2D eigenvalue weighted by Gasteiger charge is 2.25. The Hall–Kier alpha value is -2.04. The number of ether oxygens (including phenoxy) is 1. The third-order valence-electron chi connectivity index (χ3n) is 5.75. The van der Waals surface area contributed by atoms with E-state index < -0.39 is 0 Å². The number of carbonyl (C=O) groups excluding carboxylic acids is 2. The van der Waals surface area contributed by atoms with Gasteiger partial charge in [-0.15, -0.1) is 0 Å². The van der Waals surface area contributed by atoms with E-state index in [0.717, 1.165) is 18.1 Å². The van der Waals surface area contributed by atoms with Gasteiger partial charge in [-0.3, -0.25) is 9.59 Å². The molecule has 26 heavy (non-hydrogen) atoms. The number of nitrogens with zero attached hydrogens (tertiary/aromatic N) is 2. The van der Waals surface area contributed by atoms with Gasteiger partial charge < -0.3 is 14.5 Å². The van der Waals surface area contributed by atoms with Crippen LogP contribution in [0.15, 0.2) is 24.3 Å². The topological polar surface area (TPSA) is 49.9 Å². The van der Waals surface area contributed by atoms with Gasteiger partial charge in [0.05, 0.1) is 7.11 Å². The highest BCUT2D eigenvalue weighted by Crippen LogP contribution is 2.27. The molecule has 2 aliphatic rings. The molecule has 0 bridgehead atoms. The van der Waals surface area contributed by atoms with Crippen molar-refractivity contribution in [1.82, 2.24) is 9.80 Å². The van der Waals surface area contributed by atoms with Crippen molar-refractivity contribution in [3.05, 3.63) is 29.8 Å². The summed E-state index contributed by atoms with van der Waals surface area (Å²) >= 11 is 0. The third kappa shape index (κ3) is 4.77. The van der Waals surface area contributed by atoms with Crippen LogP contribution in [-0.2, 0) is 4.79 Å². The van der Waals surface area contributed by atoms with Gasteiger partial charge in [0.25, 0.3) is 5.91 Å². The summed E-state index contributed by atoms with van der Waals surface area (Å²) in [5.41, 5.74) is 0.669. The molecule has 3 rings (SSSR count). The Bertz CT molecular complexity index is 600. The fraction of sp³-hybridized carbons (Fsp3) is 0.619. The molecule has 1 saturated carbocycles. The van der Waals surface area contributed by atoms with E-state index in [1.807, 2.05) is 9.80 Å². The van der Waals surface area contributed by atoms with E-state index >= 15 is 0 Å². The third-order valence-corrected chi connectivity index (χ3v) is 5.75. The van der Waals surface area contributed by atoms with E-state index in [1.54, 1.807) is 31.4 Å². The fourth-order valence-electron chi connectivity index (χ4n) is 4.04. The average molecular weight is 358 g/mol. The van der Waals surface area contributed by atoms with Gasteiger partial charge in [-0.1, -0.05) is 32.1 Å². The van der Waals surface area contributed by atoms with Gasteiger partial charge in [-0.05, 0) is 36.6 Å². The van der Waals surface area contributed by atoms with E-state index in [2.05, 4.69) is 0 Å². The van der Waals surface area contributed by atoms with Crippen LogP contribution in [-0.4, -0.2) is 54.9 Å². The predicted octanol–water partition coefficient (Wildman–Crippen LogP) is 3.34. The first-order valence-electron chi connectivity index (χ1n) is 9.88. The van der Waals surface area contributed by atoms with E-state index in [4.69, 9.17) is 4.74 Å². The zero-order valence-electron chi connectivity index (χ0n) is 15.8. The van der Waals surface area contributed by atoms with E-state index in [0.29, 0.717) is 38.2 Å². The number of rotatable bonds is 5. The van der Waals surface area contributed by atoms with Crippen LogP contribution in [0.3, 0.4) is 0 Å². The van der Waals surface area contributed by atoms with Crippen LogP contribution in [0.1, 0.15) is 55.3 Å². The molecule has 2 amide bonds. The smallest absolute Gasteiger partial charge is 0.253 e. The summed E-state index contributed by atoms with van der Waals surface area (Å²) in [4.78, 5) is 28.8. The molecule has 5 nitrogen and oxygen atoms in total. The highest BCUT2D eigenvalue weighted by atomic mass is 16.5. The lowest BCUT2D eigenvalue weighted by Crippen LogP contribution is -2.50. The first kappa shape index (κ1) is 18.7. The zero-order valence-corrected chi connectivity index (χ0v) is 15.8. The van der Waals surface area contributed by atoms with Crippen molar-refractivity contribution in [3.63, 3.8) is 0 Å². The maximum Gasteiger partial charge on any atom is 0.253 e.